The number of benzene rings is 3. The van der Waals surface area contributed by atoms with E-state index in [1.807, 2.05) is 66.1 Å². The number of nitrogens with one attached hydrogen (secondary N) is 1. The van der Waals surface area contributed by atoms with Gasteiger partial charge in [-0.05, 0) is 35.7 Å². The van der Waals surface area contributed by atoms with E-state index in [0.717, 1.165) is 22.3 Å². The van der Waals surface area contributed by atoms with Crippen molar-refractivity contribution in [1.29, 1.82) is 0 Å². The van der Waals surface area contributed by atoms with E-state index >= 15 is 0 Å². The number of nitrogens with zero attached hydrogens (tertiary/aromatic N) is 4. The molecule has 3 aromatic carbocycles. The Balaban J connectivity index is 1.20. The van der Waals surface area contributed by atoms with Crippen LogP contribution in [-0.2, 0) is 27.4 Å². The van der Waals surface area contributed by atoms with Crippen molar-refractivity contribution in [2.75, 3.05) is 20.2 Å². The highest BCUT2D eigenvalue weighted by Crippen LogP contribution is 2.31. The summed E-state index contributed by atoms with van der Waals surface area (Å²) in [6.07, 6.45) is 1.52. The molecular weight excluding hydrogens is 570 g/mol. The number of ether oxygens (including phenoxy) is 4. The Morgan fingerprint density at radius 3 is 2.52 bits per heavy atom. The van der Waals surface area contributed by atoms with Crippen LogP contribution in [0.3, 0.4) is 0 Å². The number of hydrogen-bond donors (Lipinski definition) is 1. The van der Waals surface area contributed by atoms with Gasteiger partial charge in [0.1, 0.15) is 6.61 Å². The van der Waals surface area contributed by atoms with Crippen LogP contribution in [0.2, 0.25) is 0 Å². The minimum Gasteiger partial charge on any atom is -0.465 e. The van der Waals surface area contributed by atoms with Crippen molar-refractivity contribution < 1.29 is 32.8 Å². The molecule has 0 aliphatic rings. The third-order valence-corrected chi connectivity index (χ3v) is 6.63. The van der Waals surface area contributed by atoms with Crippen molar-refractivity contribution in [2.45, 2.75) is 20.1 Å². The monoisotopic (exact) mass is 597 g/mol. The van der Waals surface area contributed by atoms with Gasteiger partial charge in [0, 0.05) is 11.6 Å². The summed E-state index contributed by atoms with van der Waals surface area (Å²) in [5.74, 6) is -0.288. The predicted molar refractivity (Wildman–Crippen MR) is 156 cm³/mol. The van der Waals surface area contributed by atoms with Crippen LogP contribution in [0, 0.1) is 0 Å². The molecule has 0 saturated heterocycles. The number of imidazole rings is 1. The van der Waals surface area contributed by atoms with Crippen LogP contribution in [0.1, 0.15) is 28.6 Å². The second-order valence-corrected chi connectivity index (χ2v) is 9.47. The molecule has 0 aliphatic carbocycles. The lowest BCUT2D eigenvalue weighted by atomic mass is 9.98. The van der Waals surface area contributed by atoms with Crippen LogP contribution in [0.15, 0.2) is 92.8 Å². The van der Waals surface area contributed by atoms with Crippen molar-refractivity contribution in [3.05, 3.63) is 106 Å². The van der Waals surface area contributed by atoms with Crippen molar-refractivity contribution in [1.82, 2.24) is 24.8 Å². The van der Waals surface area contributed by atoms with Gasteiger partial charge < -0.3 is 23.5 Å². The molecule has 0 radical (unpaired) electrons. The molecule has 13 nitrogen and oxygen atoms in total. The van der Waals surface area contributed by atoms with E-state index in [2.05, 4.69) is 20.3 Å². The highest BCUT2D eigenvalue weighted by Gasteiger charge is 2.21. The summed E-state index contributed by atoms with van der Waals surface area (Å²) in [6.45, 7) is 2.42. The SMILES string of the molecule is CCOc1nc2cccc(C(=O)OCOCOCc3ccno3)c2n1Cc1ccc(-c2ccccc2-c2noc(=O)[nH]2)cc1. The highest BCUT2D eigenvalue weighted by molar-refractivity contribution is 6.02. The minimum absolute atomic E-state index is 0.0956. The fraction of sp³-hybridized carbons (Fsp3) is 0.194. The number of aromatic nitrogens is 5. The van der Waals surface area contributed by atoms with Crippen LogP contribution in [0.4, 0.5) is 0 Å². The number of fused-ring (bicyclic) bond motifs is 1. The van der Waals surface area contributed by atoms with Gasteiger partial charge in [-0.15, -0.1) is 0 Å². The number of esters is 1. The molecule has 0 atom stereocenters. The molecule has 13 heteroatoms. The van der Waals surface area contributed by atoms with Gasteiger partial charge >= 0.3 is 11.7 Å². The first kappa shape index (κ1) is 28.6. The molecule has 0 unspecified atom stereocenters. The lowest BCUT2D eigenvalue weighted by Gasteiger charge is -2.13. The zero-order chi connectivity index (χ0) is 30.3. The third kappa shape index (κ3) is 6.28. The Hall–Kier alpha value is -5.53. The van der Waals surface area contributed by atoms with E-state index in [9.17, 15) is 9.59 Å². The average molecular weight is 598 g/mol. The number of H-pyrrole nitrogens is 1. The Kier molecular flexibility index (Phi) is 8.57. The Morgan fingerprint density at radius 2 is 1.77 bits per heavy atom. The lowest BCUT2D eigenvalue weighted by Crippen LogP contribution is -2.13. The minimum atomic E-state index is -0.619. The molecule has 1 N–H and O–H groups in total. The molecule has 6 aromatic rings. The fourth-order valence-electron chi connectivity index (χ4n) is 4.70. The van der Waals surface area contributed by atoms with Crippen LogP contribution >= 0.6 is 0 Å². The van der Waals surface area contributed by atoms with Crippen molar-refractivity contribution in [3.63, 3.8) is 0 Å². The summed E-state index contributed by atoms with van der Waals surface area (Å²) in [5.41, 5.74) is 4.96. The number of para-hydroxylation sites is 1. The number of carbonyl (C=O) groups excluding carboxylic acids is 1. The van der Waals surface area contributed by atoms with E-state index < -0.39 is 11.7 Å². The molecule has 3 heterocycles. The summed E-state index contributed by atoms with van der Waals surface area (Å²) in [6, 6.07) is 22.8. The van der Waals surface area contributed by atoms with Gasteiger partial charge in [0.05, 0.1) is 35.9 Å². The van der Waals surface area contributed by atoms with Crippen LogP contribution in [0.5, 0.6) is 6.01 Å². The van der Waals surface area contributed by atoms with Crippen LogP contribution < -0.4 is 10.5 Å². The van der Waals surface area contributed by atoms with E-state index in [0.29, 0.717) is 47.3 Å². The van der Waals surface area contributed by atoms with Crippen LogP contribution in [-0.4, -0.2) is 51.0 Å². The Morgan fingerprint density at radius 1 is 0.932 bits per heavy atom. The van der Waals surface area contributed by atoms with Gasteiger partial charge in [-0.3, -0.25) is 14.1 Å². The maximum Gasteiger partial charge on any atom is 0.439 e. The van der Waals surface area contributed by atoms with Crippen molar-refractivity contribution in [3.8, 4) is 28.5 Å². The summed E-state index contributed by atoms with van der Waals surface area (Å²) in [5, 5.41) is 7.44. The van der Waals surface area contributed by atoms with Crippen molar-refractivity contribution in [2.24, 2.45) is 0 Å². The molecule has 0 fully saturated rings. The molecule has 0 aliphatic heterocycles. The van der Waals surface area contributed by atoms with E-state index in [1.54, 1.807) is 18.2 Å². The van der Waals surface area contributed by atoms with Gasteiger partial charge in [0.2, 0.25) is 0 Å². The number of rotatable bonds is 13. The molecule has 224 valence electrons. The number of carbonyl (C=O) groups is 1. The lowest BCUT2D eigenvalue weighted by molar-refractivity contribution is -0.120. The molecule has 3 aromatic heterocycles. The number of hydrogen-bond acceptors (Lipinski definition) is 11. The van der Waals surface area contributed by atoms with Crippen LogP contribution in [0.25, 0.3) is 33.5 Å². The maximum atomic E-state index is 13.1. The molecular formula is C31H27N5O8. The van der Waals surface area contributed by atoms with Crippen molar-refractivity contribution >= 4 is 17.0 Å². The maximum absolute atomic E-state index is 13.1. The molecule has 0 saturated carbocycles. The number of aromatic amines is 1. The molecule has 0 amide bonds. The molecule has 6 rings (SSSR count). The summed E-state index contributed by atoms with van der Waals surface area (Å²) in [4.78, 5) is 31.9. The second kappa shape index (κ2) is 13.2. The standard InChI is InChI=1S/C31H27N5O8/c1-2-41-30-33-26-9-5-8-25(29(37)42-19-40-18-39-17-22-14-15-32-43-22)27(26)36(30)16-20-10-12-21(13-11-20)23-6-3-4-7-24(23)28-34-31(38)44-35-28/h3-15H,2,16-19H2,1H3,(H,34,35,38). The zero-order valence-electron chi connectivity index (χ0n) is 23.6. The summed E-state index contributed by atoms with van der Waals surface area (Å²) in [7, 11) is 0. The highest BCUT2D eigenvalue weighted by atomic mass is 16.7. The topological polar surface area (TPSA) is 157 Å². The average Bonchev–Trinajstić information content (AvgIpc) is 3.80. The second-order valence-electron chi connectivity index (χ2n) is 9.47. The third-order valence-electron chi connectivity index (χ3n) is 6.63. The zero-order valence-corrected chi connectivity index (χ0v) is 23.6. The fourth-order valence-corrected chi connectivity index (χ4v) is 4.70. The van der Waals surface area contributed by atoms with E-state index in [4.69, 9.17) is 28.0 Å². The molecule has 0 bridgehead atoms. The largest absolute Gasteiger partial charge is 0.465 e. The normalized spacial score (nSPS) is 11.2. The first-order chi connectivity index (χ1) is 21.6. The van der Waals surface area contributed by atoms with E-state index in [-0.39, 0.29) is 20.2 Å². The van der Waals surface area contributed by atoms with E-state index in [1.165, 1.54) is 6.20 Å². The van der Waals surface area contributed by atoms with Gasteiger partial charge in [-0.1, -0.05) is 64.9 Å². The van der Waals surface area contributed by atoms with Gasteiger partial charge in [0.15, 0.2) is 25.2 Å². The Labute approximate surface area is 249 Å². The quantitative estimate of drug-likeness (QED) is 0.111. The smallest absolute Gasteiger partial charge is 0.439 e. The van der Waals surface area contributed by atoms with Gasteiger partial charge in [0.25, 0.3) is 6.01 Å². The predicted octanol–water partition coefficient (Wildman–Crippen LogP) is 4.79. The first-order valence-electron chi connectivity index (χ1n) is 13.7. The van der Waals surface area contributed by atoms with Gasteiger partial charge in [-0.25, -0.2) is 9.59 Å². The summed E-state index contributed by atoms with van der Waals surface area (Å²) >= 11 is 0. The Bertz CT molecular complexity index is 1910. The molecule has 0 spiro atoms. The molecule has 44 heavy (non-hydrogen) atoms. The summed E-state index contributed by atoms with van der Waals surface area (Å²) < 4.78 is 33.3. The van der Waals surface area contributed by atoms with Gasteiger partial charge in [-0.2, -0.15) is 4.98 Å². The first-order valence-corrected chi connectivity index (χ1v) is 13.7.